The summed E-state index contributed by atoms with van der Waals surface area (Å²) in [5.74, 6) is 0.768. The zero-order valence-corrected chi connectivity index (χ0v) is 12.5. The molecule has 18 heavy (non-hydrogen) atoms. The van der Waals surface area contributed by atoms with Gasteiger partial charge in [-0.05, 0) is 51.9 Å². The third kappa shape index (κ3) is 2.87. The van der Waals surface area contributed by atoms with Crippen LogP contribution in [-0.4, -0.2) is 23.3 Å². The van der Waals surface area contributed by atoms with Crippen LogP contribution >= 0.6 is 0 Å². The van der Waals surface area contributed by atoms with Crippen molar-refractivity contribution < 1.29 is 14.6 Å². The van der Waals surface area contributed by atoms with Gasteiger partial charge in [0.2, 0.25) is 0 Å². The molecule has 2 atom stereocenters. The van der Waals surface area contributed by atoms with Crippen LogP contribution in [0.15, 0.2) is 0 Å². The van der Waals surface area contributed by atoms with Crippen LogP contribution in [0.5, 0.6) is 0 Å². The lowest BCUT2D eigenvalue weighted by Gasteiger charge is -2.46. The highest BCUT2D eigenvalue weighted by molar-refractivity contribution is 5.77. The predicted molar refractivity (Wildman–Crippen MR) is 72.2 cm³/mol. The molecular weight excluding hydrogens is 228 g/mol. The number of hydrogen-bond donors (Lipinski definition) is 1. The molecule has 3 nitrogen and oxygen atoms in total. The first-order valence-corrected chi connectivity index (χ1v) is 7.14. The first kappa shape index (κ1) is 15.5. The molecule has 1 aliphatic carbocycles. The highest BCUT2D eigenvalue weighted by atomic mass is 16.5. The summed E-state index contributed by atoms with van der Waals surface area (Å²) >= 11 is 0. The van der Waals surface area contributed by atoms with Crippen molar-refractivity contribution in [3.8, 4) is 0 Å². The molecule has 106 valence electrons. The van der Waals surface area contributed by atoms with Gasteiger partial charge in [0, 0.05) is 0 Å². The number of esters is 1. The number of carbonyl (C=O) groups excluding carboxylic acids is 1. The minimum Gasteiger partial charge on any atom is -0.465 e. The average molecular weight is 256 g/mol. The lowest BCUT2D eigenvalue weighted by atomic mass is 9.62. The van der Waals surface area contributed by atoms with E-state index in [-0.39, 0.29) is 5.97 Å². The van der Waals surface area contributed by atoms with Crippen LogP contribution in [0.2, 0.25) is 0 Å². The van der Waals surface area contributed by atoms with Gasteiger partial charge >= 0.3 is 5.97 Å². The lowest BCUT2D eigenvalue weighted by Crippen LogP contribution is -2.53. The van der Waals surface area contributed by atoms with Gasteiger partial charge in [0.25, 0.3) is 0 Å². The topological polar surface area (TPSA) is 46.5 Å². The van der Waals surface area contributed by atoms with Gasteiger partial charge in [-0.15, -0.1) is 0 Å². The summed E-state index contributed by atoms with van der Waals surface area (Å²) in [5.41, 5.74) is -1.75. The summed E-state index contributed by atoms with van der Waals surface area (Å²) in [6.07, 6.45) is 3.54. The summed E-state index contributed by atoms with van der Waals surface area (Å²) in [7, 11) is 0. The van der Waals surface area contributed by atoms with Crippen LogP contribution in [0.3, 0.4) is 0 Å². The molecule has 0 bridgehead atoms. The Hall–Kier alpha value is -0.570. The van der Waals surface area contributed by atoms with E-state index in [9.17, 15) is 9.90 Å². The van der Waals surface area contributed by atoms with Crippen LogP contribution in [-0.2, 0) is 9.53 Å². The lowest BCUT2D eigenvalue weighted by molar-refractivity contribution is -0.178. The number of hydrogen-bond acceptors (Lipinski definition) is 3. The Bertz CT molecular complexity index is 296. The quantitative estimate of drug-likeness (QED) is 0.786. The Morgan fingerprint density at radius 3 is 2.61 bits per heavy atom. The monoisotopic (exact) mass is 256 g/mol. The molecule has 0 amide bonds. The minimum atomic E-state index is -0.924. The molecular formula is C15H28O3. The predicted octanol–water partition coefficient (Wildman–Crippen LogP) is 3.15. The normalized spacial score (nSPS) is 29.4. The molecule has 1 rings (SSSR count). The van der Waals surface area contributed by atoms with Crippen molar-refractivity contribution in [2.45, 2.75) is 65.9 Å². The molecule has 0 spiro atoms. The first-order chi connectivity index (χ1) is 8.24. The second kappa shape index (κ2) is 5.60. The fraction of sp³-hybridized carbons (Fsp3) is 0.933. The van der Waals surface area contributed by atoms with Gasteiger partial charge in [-0.1, -0.05) is 20.3 Å². The van der Waals surface area contributed by atoms with Crippen molar-refractivity contribution >= 4 is 5.97 Å². The molecule has 0 aromatic heterocycles. The molecule has 1 aliphatic rings. The Morgan fingerprint density at radius 1 is 1.50 bits per heavy atom. The summed E-state index contributed by atoms with van der Waals surface area (Å²) in [4.78, 5) is 12.1. The third-order valence-electron chi connectivity index (χ3n) is 4.66. The Balaban J connectivity index is 2.87. The molecule has 0 aromatic carbocycles. The maximum atomic E-state index is 12.1. The highest BCUT2D eigenvalue weighted by Crippen LogP contribution is 2.46. The Labute approximate surface area is 111 Å². The Morgan fingerprint density at radius 2 is 2.11 bits per heavy atom. The van der Waals surface area contributed by atoms with Crippen LogP contribution in [0.1, 0.15) is 60.3 Å². The second-order valence-corrected chi connectivity index (χ2v) is 6.48. The van der Waals surface area contributed by atoms with E-state index >= 15 is 0 Å². The van der Waals surface area contributed by atoms with E-state index in [4.69, 9.17) is 4.74 Å². The van der Waals surface area contributed by atoms with Crippen LogP contribution < -0.4 is 0 Å². The molecule has 0 aliphatic heterocycles. The summed E-state index contributed by atoms with van der Waals surface area (Å²) in [6.45, 7) is 10.2. The largest absolute Gasteiger partial charge is 0.465 e. The van der Waals surface area contributed by atoms with Gasteiger partial charge in [-0.2, -0.15) is 0 Å². The molecule has 0 radical (unpaired) electrons. The molecule has 1 fully saturated rings. The standard InChI is InChI=1S/C15H28O3/c1-6-18-13(16)14(4,5)15(17)9-7-8-12(10-15)11(2)3/h11-12,17H,6-10H2,1-5H3. The van der Waals surface area contributed by atoms with Gasteiger partial charge in [0.05, 0.1) is 17.6 Å². The fourth-order valence-corrected chi connectivity index (χ4v) is 2.93. The second-order valence-electron chi connectivity index (χ2n) is 6.48. The summed E-state index contributed by atoms with van der Waals surface area (Å²) in [5, 5.41) is 10.9. The number of carbonyl (C=O) groups is 1. The van der Waals surface area contributed by atoms with Gasteiger partial charge in [-0.3, -0.25) is 4.79 Å². The smallest absolute Gasteiger partial charge is 0.314 e. The molecule has 3 heteroatoms. The van der Waals surface area contributed by atoms with Crippen molar-refractivity contribution in [1.29, 1.82) is 0 Å². The summed E-state index contributed by atoms with van der Waals surface area (Å²) in [6, 6.07) is 0. The molecule has 1 saturated carbocycles. The molecule has 0 heterocycles. The van der Waals surface area contributed by atoms with E-state index in [2.05, 4.69) is 13.8 Å². The van der Waals surface area contributed by atoms with E-state index < -0.39 is 11.0 Å². The fourth-order valence-electron chi connectivity index (χ4n) is 2.93. The average Bonchev–Trinajstić information content (AvgIpc) is 2.29. The highest BCUT2D eigenvalue weighted by Gasteiger charge is 2.52. The van der Waals surface area contributed by atoms with Crippen LogP contribution in [0.4, 0.5) is 0 Å². The van der Waals surface area contributed by atoms with E-state index in [1.165, 1.54) is 0 Å². The van der Waals surface area contributed by atoms with Crippen molar-refractivity contribution in [2.24, 2.45) is 17.3 Å². The van der Waals surface area contributed by atoms with Crippen molar-refractivity contribution in [1.82, 2.24) is 0 Å². The van der Waals surface area contributed by atoms with Crippen LogP contribution in [0.25, 0.3) is 0 Å². The number of aliphatic hydroxyl groups is 1. The van der Waals surface area contributed by atoms with E-state index in [1.54, 1.807) is 6.92 Å². The van der Waals surface area contributed by atoms with Gasteiger partial charge in [0.15, 0.2) is 0 Å². The number of ether oxygens (including phenoxy) is 1. The number of rotatable bonds is 4. The van der Waals surface area contributed by atoms with Crippen molar-refractivity contribution in [3.63, 3.8) is 0 Å². The SMILES string of the molecule is CCOC(=O)C(C)(C)C1(O)CCCC(C(C)C)C1. The van der Waals surface area contributed by atoms with Crippen LogP contribution in [0, 0.1) is 17.3 Å². The van der Waals surface area contributed by atoms with Crippen molar-refractivity contribution in [3.05, 3.63) is 0 Å². The molecule has 0 aromatic rings. The van der Waals surface area contributed by atoms with Gasteiger partial charge in [-0.25, -0.2) is 0 Å². The zero-order valence-electron chi connectivity index (χ0n) is 12.5. The van der Waals surface area contributed by atoms with E-state index in [1.807, 2.05) is 13.8 Å². The van der Waals surface area contributed by atoms with Crippen molar-refractivity contribution in [2.75, 3.05) is 6.61 Å². The van der Waals surface area contributed by atoms with Gasteiger partial charge < -0.3 is 9.84 Å². The maximum absolute atomic E-state index is 12.1. The van der Waals surface area contributed by atoms with Gasteiger partial charge in [0.1, 0.15) is 0 Å². The molecule has 1 N–H and O–H groups in total. The summed E-state index contributed by atoms with van der Waals surface area (Å²) < 4.78 is 5.12. The maximum Gasteiger partial charge on any atom is 0.314 e. The minimum absolute atomic E-state index is 0.281. The third-order valence-corrected chi connectivity index (χ3v) is 4.66. The Kier molecular flexibility index (Phi) is 4.82. The molecule has 2 unspecified atom stereocenters. The zero-order chi connectivity index (χ0) is 14.0. The first-order valence-electron chi connectivity index (χ1n) is 7.14. The van der Waals surface area contributed by atoms with E-state index in [0.29, 0.717) is 31.3 Å². The molecule has 0 saturated heterocycles. The van der Waals surface area contributed by atoms with E-state index in [0.717, 1.165) is 12.8 Å².